The molecule has 0 radical (unpaired) electrons. The van der Waals surface area contributed by atoms with Crippen LogP contribution in [0.4, 0.5) is 11.4 Å². The van der Waals surface area contributed by atoms with Crippen LogP contribution in [0.15, 0.2) is 67.0 Å². The highest BCUT2D eigenvalue weighted by Crippen LogP contribution is 2.39. The smallest absolute Gasteiger partial charge is 0.225 e. The zero-order chi connectivity index (χ0) is 22.8. The summed E-state index contributed by atoms with van der Waals surface area (Å²) >= 11 is 6.31. The highest BCUT2D eigenvalue weighted by Gasteiger charge is 2.41. The first-order valence-electron chi connectivity index (χ1n) is 11.2. The lowest BCUT2D eigenvalue weighted by atomic mass is 9.83. The number of ether oxygens (including phenoxy) is 1. The lowest BCUT2D eigenvalue weighted by Crippen LogP contribution is -2.61. The zero-order valence-electron chi connectivity index (χ0n) is 18.6. The maximum atomic E-state index is 13.4. The fourth-order valence-corrected chi connectivity index (χ4v) is 5.18. The molecule has 1 saturated heterocycles. The lowest BCUT2D eigenvalue weighted by molar-refractivity contribution is -0.126. The molecule has 0 aliphatic carbocycles. The van der Waals surface area contributed by atoms with Crippen LogP contribution in [0.5, 0.6) is 5.75 Å². The molecule has 0 spiro atoms. The summed E-state index contributed by atoms with van der Waals surface area (Å²) in [7, 11) is 1.68. The normalized spacial score (nSPS) is 19.5. The number of benzene rings is 2. The van der Waals surface area contributed by atoms with Crippen molar-refractivity contribution in [3.63, 3.8) is 0 Å². The molecule has 5 rings (SSSR count). The summed E-state index contributed by atoms with van der Waals surface area (Å²) in [5.41, 5.74) is 4.42. The number of halogens is 1. The van der Waals surface area contributed by atoms with Gasteiger partial charge in [-0.15, -0.1) is 0 Å². The molecule has 2 aliphatic heterocycles. The second-order valence-corrected chi connectivity index (χ2v) is 8.98. The summed E-state index contributed by atoms with van der Waals surface area (Å²) < 4.78 is 5.61. The Morgan fingerprint density at radius 2 is 2.03 bits per heavy atom. The minimum absolute atomic E-state index is 0.0474. The summed E-state index contributed by atoms with van der Waals surface area (Å²) in [5.74, 6) is 0.703. The zero-order valence-corrected chi connectivity index (χ0v) is 19.3. The van der Waals surface area contributed by atoms with E-state index in [9.17, 15) is 4.79 Å². The van der Waals surface area contributed by atoms with Crippen molar-refractivity contribution in [3.8, 4) is 5.75 Å². The van der Waals surface area contributed by atoms with Gasteiger partial charge in [0.25, 0.3) is 0 Å². The Hall–Kier alpha value is -3.25. The van der Waals surface area contributed by atoms with E-state index in [0.29, 0.717) is 11.6 Å². The molecule has 2 atom stereocenters. The third-order valence-electron chi connectivity index (χ3n) is 6.63. The van der Waals surface area contributed by atoms with E-state index in [1.54, 1.807) is 19.5 Å². The number of aromatic nitrogens is 1. The third kappa shape index (κ3) is 4.35. The van der Waals surface area contributed by atoms with E-state index in [1.165, 1.54) is 11.3 Å². The number of fused-ring (bicyclic) bond motifs is 3. The van der Waals surface area contributed by atoms with Crippen LogP contribution in [0.1, 0.15) is 11.1 Å². The number of rotatable bonds is 5. The summed E-state index contributed by atoms with van der Waals surface area (Å²) in [6.45, 7) is 2.84. The van der Waals surface area contributed by atoms with Gasteiger partial charge < -0.3 is 19.9 Å². The molecule has 170 valence electrons. The molecule has 7 heteroatoms. The average molecular weight is 463 g/mol. The number of amides is 1. The number of hydrogen-bond acceptors (Lipinski definition) is 5. The van der Waals surface area contributed by atoms with Crippen LogP contribution in [0.25, 0.3) is 0 Å². The quantitative estimate of drug-likeness (QED) is 0.622. The number of nitrogens with zero attached hydrogens (tertiary/aromatic N) is 3. The molecule has 0 bridgehead atoms. The van der Waals surface area contributed by atoms with Crippen molar-refractivity contribution in [2.75, 3.05) is 36.5 Å². The highest BCUT2D eigenvalue weighted by molar-refractivity contribution is 6.31. The number of para-hydroxylation sites is 1. The van der Waals surface area contributed by atoms with E-state index >= 15 is 0 Å². The maximum absolute atomic E-state index is 13.4. The molecular formula is C26H27ClN4O2. The summed E-state index contributed by atoms with van der Waals surface area (Å²) in [6.07, 6.45) is 4.25. The molecule has 3 aromatic rings. The monoisotopic (exact) mass is 462 g/mol. The standard InChI is InChI=1S/C26H27ClN4O2/c1-33-25-9-8-20(27)14-23(25)30-11-12-31-22-7-3-2-6-19(22)13-21(24(31)17-30)26(32)29-16-18-5-4-10-28-15-18/h2-10,14-15,21,24H,11-13,16-17H2,1H3,(H,29,32)/t21-,24-/m0/s1. The molecule has 6 nitrogen and oxygen atoms in total. The molecule has 1 amide bonds. The first kappa shape index (κ1) is 21.6. The third-order valence-corrected chi connectivity index (χ3v) is 6.87. The first-order valence-corrected chi connectivity index (χ1v) is 11.6. The van der Waals surface area contributed by atoms with E-state index in [0.717, 1.165) is 43.1 Å². The number of pyridine rings is 1. The van der Waals surface area contributed by atoms with Crippen molar-refractivity contribution in [3.05, 3.63) is 83.1 Å². The van der Waals surface area contributed by atoms with E-state index in [4.69, 9.17) is 16.3 Å². The molecule has 2 aromatic carbocycles. The summed E-state index contributed by atoms with van der Waals surface area (Å²) in [5, 5.41) is 3.82. The van der Waals surface area contributed by atoms with Crippen molar-refractivity contribution >= 4 is 28.9 Å². The van der Waals surface area contributed by atoms with Crippen molar-refractivity contribution in [1.82, 2.24) is 10.3 Å². The van der Waals surface area contributed by atoms with Crippen molar-refractivity contribution < 1.29 is 9.53 Å². The number of methoxy groups -OCH3 is 1. The Labute approximate surface area is 199 Å². The van der Waals surface area contributed by atoms with Crippen LogP contribution >= 0.6 is 11.6 Å². The summed E-state index contributed by atoms with van der Waals surface area (Å²) in [4.78, 5) is 22.3. The van der Waals surface area contributed by atoms with Gasteiger partial charge in [0.2, 0.25) is 5.91 Å². The number of nitrogens with one attached hydrogen (secondary N) is 1. The van der Waals surface area contributed by atoms with Gasteiger partial charge in [0.1, 0.15) is 5.75 Å². The van der Waals surface area contributed by atoms with Gasteiger partial charge >= 0.3 is 0 Å². The fourth-order valence-electron chi connectivity index (χ4n) is 5.01. The van der Waals surface area contributed by atoms with E-state index in [2.05, 4.69) is 44.4 Å². The van der Waals surface area contributed by atoms with Crippen LogP contribution in [0.2, 0.25) is 5.02 Å². The second-order valence-electron chi connectivity index (χ2n) is 8.54. The lowest BCUT2D eigenvalue weighted by Gasteiger charge is -2.49. The van der Waals surface area contributed by atoms with Crippen LogP contribution < -0.4 is 19.9 Å². The van der Waals surface area contributed by atoms with Crippen molar-refractivity contribution in [2.45, 2.75) is 19.0 Å². The van der Waals surface area contributed by atoms with Gasteiger partial charge in [0, 0.05) is 49.3 Å². The molecular weight excluding hydrogens is 436 g/mol. The second kappa shape index (κ2) is 9.32. The molecule has 1 aromatic heterocycles. The fraction of sp³-hybridized carbons (Fsp3) is 0.308. The number of carbonyl (C=O) groups excluding carboxylic acids is 1. The molecule has 33 heavy (non-hydrogen) atoms. The van der Waals surface area contributed by atoms with Gasteiger partial charge in [0.05, 0.1) is 24.8 Å². The molecule has 2 aliphatic rings. The number of piperazine rings is 1. The SMILES string of the molecule is COc1ccc(Cl)cc1N1CCN2c3ccccc3C[C@H](C(=O)NCc3cccnc3)[C@@H]2C1. The topological polar surface area (TPSA) is 57.7 Å². The van der Waals surface area contributed by atoms with Gasteiger partial charge in [-0.3, -0.25) is 9.78 Å². The molecule has 3 heterocycles. The van der Waals surface area contributed by atoms with Crippen LogP contribution in [0.3, 0.4) is 0 Å². The van der Waals surface area contributed by atoms with Gasteiger partial charge in [-0.25, -0.2) is 0 Å². The molecule has 1 N–H and O–H groups in total. The van der Waals surface area contributed by atoms with Crippen LogP contribution in [-0.4, -0.2) is 43.7 Å². The molecule has 0 unspecified atom stereocenters. The first-order chi connectivity index (χ1) is 16.1. The maximum Gasteiger partial charge on any atom is 0.225 e. The Morgan fingerprint density at radius 1 is 1.15 bits per heavy atom. The summed E-state index contributed by atoms with van der Waals surface area (Å²) in [6, 6.07) is 18.0. The Kier molecular flexibility index (Phi) is 6.09. The van der Waals surface area contributed by atoms with Gasteiger partial charge in [0.15, 0.2) is 0 Å². The highest BCUT2D eigenvalue weighted by atomic mass is 35.5. The van der Waals surface area contributed by atoms with Crippen LogP contribution in [-0.2, 0) is 17.8 Å². The van der Waals surface area contributed by atoms with Crippen LogP contribution in [0, 0.1) is 5.92 Å². The minimum Gasteiger partial charge on any atom is -0.495 e. The van der Waals surface area contributed by atoms with Gasteiger partial charge in [-0.2, -0.15) is 0 Å². The number of hydrogen-bond donors (Lipinski definition) is 1. The Balaban J connectivity index is 1.42. The minimum atomic E-state index is -0.162. The largest absolute Gasteiger partial charge is 0.495 e. The van der Waals surface area contributed by atoms with Gasteiger partial charge in [-0.1, -0.05) is 35.9 Å². The van der Waals surface area contributed by atoms with E-state index in [1.807, 2.05) is 30.3 Å². The van der Waals surface area contributed by atoms with Gasteiger partial charge in [-0.05, 0) is 47.9 Å². The number of carbonyl (C=O) groups is 1. The molecule has 1 fully saturated rings. The van der Waals surface area contributed by atoms with Crippen molar-refractivity contribution in [2.24, 2.45) is 5.92 Å². The number of anilines is 2. The Morgan fingerprint density at radius 3 is 2.85 bits per heavy atom. The molecule has 0 saturated carbocycles. The Bertz CT molecular complexity index is 1140. The predicted molar refractivity (Wildman–Crippen MR) is 131 cm³/mol. The van der Waals surface area contributed by atoms with E-state index in [-0.39, 0.29) is 17.9 Å². The van der Waals surface area contributed by atoms with E-state index < -0.39 is 0 Å². The predicted octanol–water partition coefficient (Wildman–Crippen LogP) is 3.93. The average Bonchev–Trinajstić information content (AvgIpc) is 2.87. The van der Waals surface area contributed by atoms with Crippen molar-refractivity contribution in [1.29, 1.82) is 0 Å².